The van der Waals surface area contributed by atoms with Gasteiger partial charge < -0.3 is 0 Å². The summed E-state index contributed by atoms with van der Waals surface area (Å²) < 4.78 is 1.51. The molecular formula is C9H8N4O2. The lowest BCUT2D eigenvalue weighted by molar-refractivity contribution is -0.384. The molecule has 15 heavy (non-hydrogen) atoms. The number of nitrogens with zero attached hydrogens (tertiary/aromatic N) is 4. The number of benzene rings is 1. The Morgan fingerprint density at radius 2 is 2.13 bits per heavy atom. The van der Waals surface area contributed by atoms with Crippen molar-refractivity contribution in [2.24, 2.45) is 7.05 Å². The number of hydrogen-bond donors (Lipinski definition) is 0. The smallest absolute Gasteiger partial charge is 0.258 e. The molecule has 0 atom stereocenters. The summed E-state index contributed by atoms with van der Waals surface area (Å²) in [5, 5.41) is 14.8. The van der Waals surface area contributed by atoms with Crippen molar-refractivity contribution >= 4 is 5.69 Å². The van der Waals surface area contributed by atoms with Gasteiger partial charge in [0.2, 0.25) is 0 Å². The fourth-order valence-electron chi connectivity index (χ4n) is 1.28. The first-order valence-electron chi connectivity index (χ1n) is 4.28. The average Bonchev–Trinajstić information content (AvgIpc) is 2.65. The Morgan fingerprint density at radius 3 is 2.73 bits per heavy atom. The van der Waals surface area contributed by atoms with Crippen molar-refractivity contribution in [2.45, 2.75) is 0 Å². The molecule has 6 heteroatoms. The molecule has 6 nitrogen and oxygen atoms in total. The van der Waals surface area contributed by atoms with Gasteiger partial charge in [0.1, 0.15) is 6.33 Å². The van der Waals surface area contributed by atoms with Crippen LogP contribution in [0.5, 0.6) is 0 Å². The van der Waals surface area contributed by atoms with Gasteiger partial charge in [-0.25, -0.2) is 4.98 Å². The Balaban J connectivity index is 2.57. The molecule has 76 valence electrons. The topological polar surface area (TPSA) is 73.8 Å². The third-order valence-corrected chi connectivity index (χ3v) is 1.94. The van der Waals surface area contributed by atoms with E-state index in [0.717, 1.165) is 0 Å². The second kappa shape index (κ2) is 3.49. The highest BCUT2D eigenvalue weighted by atomic mass is 16.6. The second-order valence-corrected chi connectivity index (χ2v) is 3.02. The maximum absolute atomic E-state index is 10.7. The Hall–Kier alpha value is -2.24. The number of nitro benzene ring substituents is 1. The zero-order valence-electron chi connectivity index (χ0n) is 7.99. The molecule has 0 fully saturated rings. The van der Waals surface area contributed by atoms with E-state index in [9.17, 15) is 10.1 Å². The fraction of sp³-hybridized carbons (Fsp3) is 0.111. The van der Waals surface area contributed by atoms with Crippen molar-refractivity contribution in [1.82, 2.24) is 14.8 Å². The molecule has 0 unspecified atom stereocenters. The maximum atomic E-state index is 10.7. The van der Waals surface area contributed by atoms with Gasteiger partial charge in [0.05, 0.1) is 10.5 Å². The molecule has 0 aliphatic carbocycles. The minimum atomic E-state index is -0.439. The number of para-hydroxylation sites is 1. The summed E-state index contributed by atoms with van der Waals surface area (Å²) in [7, 11) is 1.71. The van der Waals surface area contributed by atoms with Crippen molar-refractivity contribution in [3.05, 3.63) is 40.7 Å². The molecule has 1 aromatic heterocycles. The van der Waals surface area contributed by atoms with Crippen molar-refractivity contribution in [2.75, 3.05) is 0 Å². The van der Waals surface area contributed by atoms with E-state index in [1.54, 1.807) is 25.2 Å². The van der Waals surface area contributed by atoms with Crippen LogP contribution in [-0.2, 0) is 7.05 Å². The molecule has 0 aliphatic heterocycles. The largest absolute Gasteiger partial charge is 0.280 e. The second-order valence-electron chi connectivity index (χ2n) is 3.02. The van der Waals surface area contributed by atoms with Crippen LogP contribution in [0.3, 0.4) is 0 Å². The third-order valence-electron chi connectivity index (χ3n) is 1.94. The number of aryl methyl sites for hydroxylation is 1. The summed E-state index contributed by atoms with van der Waals surface area (Å²) >= 11 is 0. The number of rotatable bonds is 2. The van der Waals surface area contributed by atoms with Crippen LogP contribution in [0.2, 0.25) is 0 Å². The summed E-state index contributed by atoms with van der Waals surface area (Å²) in [6.07, 6.45) is 1.51. The molecule has 0 saturated heterocycles. The monoisotopic (exact) mass is 204 g/mol. The van der Waals surface area contributed by atoms with Crippen LogP contribution < -0.4 is 0 Å². The van der Waals surface area contributed by atoms with Gasteiger partial charge in [0.25, 0.3) is 5.69 Å². The van der Waals surface area contributed by atoms with Crippen LogP contribution >= 0.6 is 0 Å². The number of nitro groups is 1. The molecule has 0 bridgehead atoms. The van der Waals surface area contributed by atoms with Crippen molar-refractivity contribution in [3.8, 4) is 11.4 Å². The van der Waals surface area contributed by atoms with Crippen molar-refractivity contribution in [1.29, 1.82) is 0 Å². The van der Waals surface area contributed by atoms with Crippen LogP contribution in [0.15, 0.2) is 30.6 Å². The van der Waals surface area contributed by atoms with E-state index in [0.29, 0.717) is 11.4 Å². The lowest BCUT2D eigenvalue weighted by atomic mass is 10.2. The lowest BCUT2D eigenvalue weighted by Gasteiger charge is -1.96. The Labute approximate surface area is 85.3 Å². The minimum Gasteiger partial charge on any atom is -0.258 e. The lowest BCUT2D eigenvalue weighted by Crippen LogP contribution is -1.93. The van der Waals surface area contributed by atoms with Crippen LogP contribution in [0.25, 0.3) is 11.4 Å². The number of hydrogen-bond acceptors (Lipinski definition) is 4. The standard InChI is InChI=1S/C9H8N4O2/c1-12-6-10-9(11-12)7-4-2-3-5-8(7)13(14)15/h2-6H,1H3. The molecule has 0 saturated carbocycles. The predicted molar refractivity (Wildman–Crippen MR) is 53.1 cm³/mol. The van der Waals surface area contributed by atoms with E-state index in [4.69, 9.17) is 0 Å². The number of aromatic nitrogens is 3. The zero-order valence-corrected chi connectivity index (χ0v) is 7.99. The summed E-state index contributed by atoms with van der Waals surface area (Å²) in [5.74, 6) is 0.366. The highest BCUT2D eigenvalue weighted by molar-refractivity contribution is 5.67. The van der Waals surface area contributed by atoms with Crippen LogP contribution in [0, 0.1) is 10.1 Å². The Bertz CT molecular complexity index is 506. The normalized spacial score (nSPS) is 10.2. The Morgan fingerprint density at radius 1 is 1.40 bits per heavy atom. The van der Waals surface area contributed by atoms with E-state index in [1.807, 2.05) is 0 Å². The fourth-order valence-corrected chi connectivity index (χ4v) is 1.28. The van der Waals surface area contributed by atoms with E-state index in [1.165, 1.54) is 17.1 Å². The van der Waals surface area contributed by atoms with Crippen LogP contribution in [-0.4, -0.2) is 19.7 Å². The van der Waals surface area contributed by atoms with E-state index < -0.39 is 4.92 Å². The molecule has 0 spiro atoms. The van der Waals surface area contributed by atoms with Gasteiger partial charge in [-0.2, -0.15) is 5.10 Å². The molecule has 0 aliphatic rings. The SMILES string of the molecule is Cn1cnc(-c2ccccc2[N+](=O)[O-])n1. The quantitative estimate of drug-likeness (QED) is 0.547. The van der Waals surface area contributed by atoms with Crippen LogP contribution in [0.4, 0.5) is 5.69 Å². The third kappa shape index (κ3) is 1.69. The van der Waals surface area contributed by atoms with Crippen molar-refractivity contribution in [3.63, 3.8) is 0 Å². The van der Waals surface area contributed by atoms with Gasteiger partial charge in [0, 0.05) is 13.1 Å². The first-order valence-corrected chi connectivity index (χ1v) is 4.28. The summed E-state index contributed by atoms with van der Waals surface area (Å²) in [6, 6.07) is 6.41. The average molecular weight is 204 g/mol. The highest BCUT2D eigenvalue weighted by Gasteiger charge is 2.16. The first kappa shape index (κ1) is 9.32. The molecule has 1 aromatic carbocycles. The van der Waals surface area contributed by atoms with Gasteiger partial charge in [0.15, 0.2) is 5.82 Å². The zero-order chi connectivity index (χ0) is 10.8. The van der Waals surface area contributed by atoms with Crippen LogP contribution in [0.1, 0.15) is 0 Å². The molecular weight excluding hydrogens is 196 g/mol. The molecule has 2 rings (SSSR count). The highest BCUT2D eigenvalue weighted by Crippen LogP contribution is 2.25. The predicted octanol–water partition coefficient (Wildman–Crippen LogP) is 1.39. The summed E-state index contributed by atoms with van der Waals surface area (Å²) in [6.45, 7) is 0. The maximum Gasteiger partial charge on any atom is 0.280 e. The van der Waals surface area contributed by atoms with E-state index in [-0.39, 0.29) is 5.69 Å². The first-order chi connectivity index (χ1) is 7.18. The summed E-state index contributed by atoms with van der Waals surface area (Å²) in [5.41, 5.74) is 0.451. The van der Waals surface area contributed by atoms with Gasteiger partial charge in [-0.15, -0.1) is 0 Å². The molecule has 2 aromatic rings. The molecule has 0 radical (unpaired) electrons. The summed E-state index contributed by atoms with van der Waals surface area (Å²) in [4.78, 5) is 14.3. The van der Waals surface area contributed by atoms with E-state index in [2.05, 4.69) is 10.1 Å². The molecule has 0 amide bonds. The van der Waals surface area contributed by atoms with Crippen molar-refractivity contribution < 1.29 is 4.92 Å². The van der Waals surface area contributed by atoms with Gasteiger partial charge in [-0.05, 0) is 6.07 Å². The molecule has 1 heterocycles. The Kier molecular flexibility index (Phi) is 2.17. The minimum absolute atomic E-state index is 0.0173. The molecule has 0 N–H and O–H groups in total. The van der Waals surface area contributed by atoms with Gasteiger partial charge in [-0.1, -0.05) is 12.1 Å². The van der Waals surface area contributed by atoms with Gasteiger partial charge >= 0.3 is 0 Å². The van der Waals surface area contributed by atoms with Gasteiger partial charge in [-0.3, -0.25) is 14.8 Å². The van der Waals surface area contributed by atoms with E-state index >= 15 is 0 Å².